The van der Waals surface area contributed by atoms with Gasteiger partial charge in [-0.05, 0) is 32.4 Å². The van der Waals surface area contributed by atoms with Crippen LogP contribution >= 0.6 is 0 Å². The first-order valence-corrected chi connectivity index (χ1v) is 5.94. The zero-order valence-electron chi connectivity index (χ0n) is 10.5. The Hall–Kier alpha value is -1.55. The SMILES string of the molecule is CC(O)CC(C)Nc1nc2ccccc2n1C. The molecule has 0 spiro atoms. The zero-order chi connectivity index (χ0) is 12.4. The number of aryl methyl sites for hydroxylation is 1. The summed E-state index contributed by atoms with van der Waals surface area (Å²) < 4.78 is 2.04. The highest BCUT2D eigenvalue weighted by atomic mass is 16.3. The van der Waals surface area contributed by atoms with Gasteiger partial charge in [0.1, 0.15) is 0 Å². The molecule has 92 valence electrons. The minimum atomic E-state index is -0.299. The third-order valence-corrected chi connectivity index (χ3v) is 2.86. The quantitative estimate of drug-likeness (QED) is 0.850. The van der Waals surface area contributed by atoms with Gasteiger partial charge < -0.3 is 15.0 Å². The molecule has 2 N–H and O–H groups in total. The Balaban J connectivity index is 2.21. The standard InChI is InChI=1S/C13H19N3O/c1-9(8-10(2)17)14-13-15-11-6-4-5-7-12(11)16(13)3/h4-7,9-10,17H,8H2,1-3H3,(H,14,15). The van der Waals surface area contributed by atoms with Crippen molar-refractivity contribution in [3.05, 3.63) is 24.3 Å². The Morgan fingerprint density at radius 3 is 2.71 bits per heavy atom. The van der Waals surface area contributed by atoms with Crippen LogP contribution in [0.5, 0.6) is 0 Å². The fourth-order valence-corrected chi connectivity index (χ4v) is 2.07. The zero-order valence-corrected chi connectivity index (χ0v) is 10.5. The van der Waals surface area contributed by atoms with Gasteiger partial charge in [-0.3, -0.25) is 0 Å². The fraction of sp³-hybridized carbons (Fsp3) is 0.462. The molecule has 0 aliphatic heterocycles. The number of hydrogen-bond donors (Lipinski definition) is 2. The lowest BCUT2D eigenvalue weighted by Gasteiger charge is -2.15. The van der Waals surface area contributed by atoms with Crippen molar-refractivity contribution in [1.29, 1.82) is 0 Å². The van der Waals surface area contributed by atoms with Crippen LogP contribution in [0.25, 0.3) is 11.0 Å². The molecule has 0 radical (unpaired) electrons. The van der Waals surface area contributed by atoms with E-state index < -0.39 is 0 Å². The van der Waals surface area contributed by atoms with Crippen LogP contribution in [0.4, 0.5) is 5.95 Å². The molecule has 0 amide bonds. The van der Waals surface area contributed by atoms with Crippen LogP contribution in [-0.2, 0) is 7.05 Å². The van der Waals surface area contributed by atoms with Gasteiger partial charge >= 0.3 is 0 Å². The summed E-state index contributed by atoms with van der Waals surface area (Å²) in [4.78, 5) is 4.53. The maximum absolute atomic E-state index is 9.34. The van der Waals surface area contributed by atoms with E-state index >= 15 is 0 Å². The minimum absolute atomic E-state index is 0.200. The third-order valence-electron chi connectivity index (χ3n) is 2.86. The van der Waals surface area contributed by atoms with Crippen molar-refractivity contribution >= 4 is 17.0 Å². The molecule has 2 atom stereocenters. The van der Waals surface area contributed by atoms with Crippen LogP contribution in [0.1, 0.15) is 20.3 Å². The molecule has 1 heterocycles. The first-order valence-electron chi connectivity index (χ1n) is 5.94. The van der Waals surface area contributed by atoms with Gasteiger partial charge in [-0.15, -0.1) is 0 Å². The largest absolute Gasteiger partial charge is 0.393 e. The average molecular weight is 233 g/mol. The maximum Gasteiger partial charge on any atom is 0.203 e. The summed E-state index contributed by atoms with van der Waals surface area (Å²) in [7, 11) is 1.99. The molecule has 1 aromatic heterocycles. The first kappa shape index (κ1) is 11.9. The van der Waals surface area contributed by atoms with Crippen molar-refractivity contribution in [3.63, 3.8) is 0 Å². The van der Waals surface area contributed by atoms with E-state index in [2.05, 4.69) is 10.3 Å². The third kappa shape index (κ3) is 2.58. The van der Waals surface area contributed by atoms with Crippen molar-refractivity contribution in [3.8, 4) is 0 Å². The predicted octanol–water partition coefficient (Wildman–Crippen LogP) is 2.14. The average Bonchev–Trinajstić information content (AvgIpc) is 2.55. The number of hydrogen-bond acceptors (Lipinski definition) is 3. The highest BCUT2D eigenvalue weighted by Crippen LogP contribution is 2.18. The monoisotopic (exact) mass is 233 g/mol. The lowest BCUT2D eigenvalue weighted by Crippen LogP contribution is -2.22. The summed E-state index contributed by atoms with van der Waals surface area (Å²) in [5, 5.41) is 12.7. The van der Waals surface area contributed by atoms with Crippen LogP contribution < -0.4 is 5.32 Å². The molecular formula is C13H19N3O. The lowest BCUT2D eigenvalue weighted by atomic mass is 10.2. The lowest BCUT2D eigenvalue weighted by molar-refractivity contribution is 0.179. The summed E-state index contributed by atoms with van der Waals surface area (Å²) >= 11 is 0. The Morgan fingerprint density at radius 2 is 2.06 bits per heavy atom. The Labute approximate surface area is 101 Å². The maximum atomic E-state index is 9.34. The molecule has 2 aromatic rings. The molecular weight excluding hydrogens is 214 g/mol. The summed E-state index contributed by atoms with van der Waals surface area (Å²) in [6, 6.07) is 8.24. The molecule has 2 unspecified atom stereocenters. The van der Waals surface area contributed by atoms with Gasteiger partial charge in [-0.1, -0.05) is 12.1 Å². The van der Waals surface area contributed by atoms with Gasteiger partial charge in [0.05, 0.1) is 17.1 Å². The van der Waals surface area contributed by atoms with Crippen LogP contribution in [0.15, 0.2) is 24.3 Å². The topological polar surface area (TPSA) is 50.1 Å². The first-order chi connectivity index (χ1) is 8.08. The van der Waals surface area contributed by atoms with Gasteiger partial charge in [0.15, 0.2) is 0 Å². The summed E-state index contributed by atoms with van der Waals surface area (Å²) in [6.07, 6.45) is 0.413. The van der Waals surface area contributed by atoms with Crippen molar-refractivity contribution < 1.29 is 5.11 Å². The van der Waals surface area contributed by atoms with E-state index in [0.717, 1.165) is 17.0 Å². The number of imidazole rings is 1. The number of fused-ring (bicyclic) bond motifs is 1. The van der Waals surface area contributed by atoms with Gasteiger partial charge in [-0.2, -0.15) is 0 Å². The Kier molecular flexibility index (Phi) is 3.33. The van der Waals surface area contributed by atoms with Crippen LogP contribution in [0.3, 0.4) is 0 Å². The number of aromatic nitrogens is 2. The van der Waals surface area contributed by atoms with Crippen LogP contribution in [0, 0.1) is 0 Å². The van der Waals surface area contributed by atoms with Crippen molar-refractivity contribution in [2.45, 2.75) is 32.4 Å². The summed E-state index contributed by atoms with van der Waals surface area (Å²) in [5.41, 5.74) is 2.10. The molecule has 0 aliphatic rings. The second-order valence-corrected chi connectivity index (χ2v) is 4.61. The highest BCUT2D eigenvalue weighted by Gasteiger charge is 2.11. The van der Waals surface area contributed by atoms with Crippen LogP contribution in [0.2, 0.25) is 0 Å². The number of rotatable bonds is 4. The van der Waals surface area contributed by atoms with Gasteiger partial charge in [0.25, 0.3) is 0 Å². The second kappa shape index (κ2) is 4.75. The van der Waals surface area contributed by atoms with E-state index in [0.29, 0.717) is 6.42 Å². The molecule has 0 fully saturated rings. The van der Waals surface area contributed by atoms with E-state index in [1.54, 1.807) is 6.92 Å². The fourth-order valence-electron chi connectivity index (χ4n) is 2.07. The normalized spacial score (nSPS) is 14.8. The second-order valence-electron chi connectivity index (χ2n) is 4.61. The molecule has 1 aromatic carbocycles. The molecule has 0 aliphatic carbocycles. The van der Waals surface area contributed by atoms with E-state index in [4.69, 9.17) is 0 Å². The van der Waals surface area contributed by atoms with Crippen molar-refractivity contribution in [1.82, 2.24) is 9.55 Å². The smallest absolute Gasteiger partial charge is 0.203 e. The van der Waals surface area contributed by atoms with E-state index in [1.165, 1.54) is 0 Å². The number of nitrogens with one attached hydrogen (secondary N) is 1. The number of anilines is 1. The minimum Gasteiger partial charge on any atom is -0.393 e. The van der Waals surface area contributed by atoms with E-state index in [1.807, 2.05) is 42.8 Å². The Morgan fingerprint density at radius 1 is 1.35 bits per heavy atom. The summed E-state index contributed by atoms with van der Waals surface area (Å²) in [6.45, 7) is 3.85. The molecule has 0 saturated heterocycles. The number of aliphatic hydroxyl groups is 1. The summed E-state index contributed by atoms with van der Waals surface area (Å²) in [5.74, 6) is 0.847. The van der Waals surface area contributed by atoms with Gasteiger partial charge in [0.2, 0.25) is 5.95 Å². The van der Waals surface area contributed by atoms with Crippen molar-refractivity contribution in [2.24, 2.45) is 7.05 Å². The molecule has 0 saturated carbocycles. The van der Waals surface area contributed by atoms with Crippen LogP contribution in [-0.4, -0.2) is 26.8 Å². The number of para-hydroxylation sites is 2. The molecule has 0 bridgehead atoms. The molecule has 4 heteroatoms. The predicted molar refractivity (Wildman–Crippen MR) is 70.1 cm³/mol. The number of aliphatic hydroxyl groups excluding tert-OH is 1. The van der Waals surface area contributed by atoms with Crippen molar-refractivity contribution in [2.75, 3.05) is 5.32 Å². The molecule has 2 rings (SSSR count). The molecule has 4 nitrogen and oxygen atoms in total. The van der Waals surface area contributed by atoms with Gasteiger partial charge in [-0.25, -0.2) is 4.98 Å². The molecule has 17 heavy (non-hydrogen) atoms. The highest BCUT2D eigenvalue weighted by molar-refractivity contribution is 5.78. The number of benzene rings is 1. The van der Waals surface area contributed by atoms with Gasteiger partial charge in [0, 0.05) is 13.1 Å². The van der Waals surface area contributed by atoms with E-state index in [9.17, 15) is 5.11 Å². The Bertz CT molecular complexity index is 504. The number of nitrogens with zero attached hydrogens (tertiary/aromatic N) is 2. The van der Waals surface area contributed by atoms with E-state index in [-0.39, 0.29) is 12.1 Å².